The fourth-order valence-electron chi connectivity index (χ4n) is 2.42. The van der Waals surface area contributed by atoms with Gasteiger partial charge < -0.3 is 9.14 Å². The molecule has 0 N–H and O–H groups in total. The van der Waals surface area contributed by atoms with Crippen LogP contribution in [0.15, 0.2) is 60.3 Å². The number of hydrogen-bond acceptors (Lipinski definition) is 3. The molecule has 1 unspecified atom stereocenters. The number of allylic oxidation sites excluding steroid dienone is 4. The van der Waals surface area contributed by atoms with Gasteiger partial charge in [-0.05, 0) is 31.2 Å². The predicted molar refractivity (Wildman–Crippen MR) is 76.0 cm³/mol. The van der Waals surface area contributed by atoms with Crippen molar-refractivity contribution in [2.75, 3.05) is 6.61 Å². The predicted octanol–water partition coefficient (Wildman–Crippen LogP) is 2.67. The van der Waals surface area contributed by atoms with E-state index in [0.717, 1.165) is 11.2 Å². The van der Waals surface area contributed by atoms with Gasteiger partial charge >= 0.3 is 0 Å². The number of hydrogen-bond donors (Lipinski definition) is 0. The molecule has 0 bridgehead atoms. The van der Waals surface area contributed by atoms with Crippen molar-refractivity contribution in [1.29, 1.82) is 0 Å². The van der Waals surface area contributed by atoms with Crippen LogP contribution in [0.2, 0.25) is 0 Å². The Bertz CT molecular complexity index is 749. The Morgan fingerprint density at radius 2 is 2.35 bits per heavy atom. The molecule has 100 valence electrons. The standard InChI is InChI=1S/C16H14N2O2/c1-2-20-14-6-7-15(12(8-14)10-19)16-5-3-4-13-9-17-11-18(13)16/h3-9,11,15H,2H2,1H3. The van der Waals surface area contributed by atoms with E-state index in [9.17, 15) is 4.79 Å². The van der Waals surface area contributed by atoms with Gasteiger partial charge in [-0.15, -0.1) is 0 Å². The largest absolute Gasteiger partial charge is 0.494 e. The molecule has 0 amide bonds. The molecule has 2 heterocycles. The van der Waals surface area contributed by atoms with Crippen LogP contribution in [0.5, 0.6) is 0 Å². The molecule has 0 spiro atoms. The quantitative estimate of drug-likeness (QED) is 0.802. The smallest absolute Gasteiger partial charge is 0.129 e. The lowest BCUT2D eigenvalue weighted by molar-refractivity contribution is 0.241. The molecule has 0 saturated heterocycles. The summed E-state index contributed by atoms with van der Waals surface area (Å²) in [4.78, 5) is 15.4. The first-order valence-electron chi connectivity index (χ1n) is 6.52. The molecular weight excluding hydrogens is 252 g/mol. The number of carbonyl (C=O) groups excluding carboxylic acids is 1. The van der Waals surface area contributed by atoms with E-state index in [1.54, 1.807) is 18.6 Å². The number of ether oxygens (including phenoxy) is 1. The normalized spacial score (nSPS) is 17.9. The van der Waals surface area contributed by atoms with E-state index in [1.165, 1.54) is 0 Å². The fourth-order valence-corrected chi connectivity index (χ4v) is 2.42. The highest BCUT2D eigenvalue weighted by molar-refractivity contribution is 5.65. The van der Waals surface area contributed by atoms with Crippen LogP contribution in [0.4, 0.5) is 0 Å². The van der Waals surface area contributed by atoms with Crippen molar-refractivity contribution in [3.63, 3.8) is 0 Å². The summed E-state index contributed by atoms with van der Waals surface area (Å²) in [6, 6.07) is 5.93. The molecule has 0 aromatic carbocycles. The third-order valence-electron chi connectivity index (χ3n) is 3.31. The molecule has 0 fully saturated rings. The topological polar surface area (TPSA) is 43.6 Å². The van der Waals surface area contributed by atoms with Gasteiger partial charge in [0.2, 0.25) is 0 Å². The van der Waals surface area contributed by atoms with Gasteiger partial charge in [0.05, 0.1) is 36.1 Å². The summed E-state index contributed by atoms with van der Waals surface area (Å²) in [5.74, 6) is 2.59. The molecule has 2 aromatic rings. The number of rotatable bonds is 3. The molecule has 0 radical (unpaired) electrons. The van der Waals surface area contributed by atoms with Crippen molar-refractivity contribution in [2.24, 2.45) is 0 Å². The zero-order valence-corrected chi connectivity index (χ0v) is 11.1. The van der Waals surface area contributed by atoms with Gasteiger partial charge in [0.25, 0.3) is 0 Å². The summed E-state index contributed by atoms with van der Waals surface area (Å²) in [6.07, 6.45) is 9.15. The molecule has 0 aliphatic heterocycles. The van der Waals surface area contributed by atoms with Crippen LogP contribution in [0.3, 0.4) is 0 Å². The molecular formula is C16H14N2O2. The van der Waals surface area contributed by atoms with Gasteiger partial charge in [-0.2, -0.15) is 0 Å². The van der Waals surface area contributed by atoms with E-state index >= 15 is 0 Å². The zero-order chi connectivity index (χ0) is 13.9. The second-order valence-electron chi connectivity index (χ2n) is 4.51. The lowest BCUT2D eigenvalue weighted by Crippen LogP contribution is -2.08. The SMILES string of the molecule is CCOC1=CC(=C=O)C(c2cccc3cncn23)C=C1. The first kappa shape index (κ1) is 12.5. The lowest BCUT2D eigenvalue weighted by Gasteiger charge is -2.18. The summed E-state index contributed by atoms with van der Waals surface area (Å²) < 4.78 is 7.41. The van der Waals surface area contributed by atoms with Gasteiger partial charge in [0.1, 0.15) is 11.7 Å². The second-order valence-corrected chi connectivity index (χ2v) is 4.51. The van der Waals surface area contributed by atoms with Crippen molar-refractivity contribution in [3.8, 4) is 0 Å². The highest BCUT2D eigenvalue weighted by atomic mass is 16.5. The van der Waals surface area contributed by atoms with Crippen LogP contribution in [0.25, 0.3) is 5.52 Å². The number of nitrogens with zero attached hydrogens (tertiary/aromatic N) is 2. The van der Waals surface area contributed by atoms with Gasteiger partial charge in [0.15, 0.2) is 0 Å². The van der Waals surface area contributed by atoms with Crippen LogP contribution in [-0.2, 0) is 9.53 Å². The van der Waals surface area contributed by atoms with Crippen molar-refractivity contribution in [1.82, 2.24) is 9.38 Å². The van der Waals surface area contributed by atoms with Crippen LogP contribution < -0.4 is 0 Å². The maximum absolute atomic E-state index is 11.2. The molecule has 20 heavy (non-hydrogen) atoms. The minimum absolute atomic E-state index is 0.130. The first-order chi connectivity index (χ1) is 9.83. The zero-order valence-electron chi connectivity index (χ0n) is 11.1. The maximum atomic E-state index is 11.2. The van der Waals surface area contributed by atoms with Crippen LogP contribution in [0, 0.1) is 0 Å². The van der Waals surface area contributed by atoms with E-state index in [4.69, 9.17) is 4.74 Å². The van der Waals surface area contributed by atoms with Crippen LogP contribution in [0.1, 0.15) is 18.5 Å². The van der Waals surface area contributed by atoms with Crippen molar-refractivity contribution < 1.29 is 9.53 Å². The highest BCUT2D eigenvalue weighted by Crippen LogP contribution is 2.30. The summed E-state index contributed by atoms with van der Waals surface area (Å²) in [7, 11) is 0. The average molecular weight is 266 g/mol. The van der Waals surface area contributed by atoms with Crippen molar-refractivity contribution in [2.45, 2.75) is 12.8 Å². The number of aromatic nitrogens is 2. The van der Waals surface area contributed by atoms with E-state index in [0.29, 0.717) is 17.9 Å². The highest BCUT2D eigenvalue weighted by Gasteiger charge is 2.20. The molecule has 1 aliphatic rings. The Labute approximate surface area is 116 Å². The third kappa shape index (κ3) is 2.06. The summed E-state index contributed by atoms with van der Waals surface area (Å²) in [6.45, 7) is 2.49. The van der Waals surface area contributed by atoms with Gasteiger partial charge in [-0.1, -0.05) is 12.1 Å². The van der Waals surface area contributed by atoms with Crippen LogP contribution in [-0.4, -0.2) is 21.9 Å². The molecule has 1 aliphatic carbocycles. The maximum Gasteiger partial charge on any atom is 0.129 e. The van der Waals surface area contributed by atoms with Gasteiger partial charge in [0, 0.05) is 5.69 Å². The molecule has 4 heteroatoms. The van der Waals surface area contributed by atoms with Crippen LogP contribution >= 0.6 is 0 Å². The lowest BCUT2D eigenvalue weighted by atomic mass is 9.91. The first-order valence-corrected chi connectivity index (χ1v) is 6.52. The third-order valence-corrected chi connectivity index (χ3v) is 3.31. The molecule has 1 atom stereocenters. The summed E-state index contributed by atoms with van der Waals surface area (Å²) >= 11 is 0. The Morgan fingerprint density at radius 3 is 3.15 bits per heavy atom. The van der Waals surface area contributed by atoms with Crippen molar-refractivity contribution in [3.05, 3.63) is 66.0 Å². The van der Waals surface area contributed by atoms with E-state index in [2.05, 4.69) is 4.98 Å². The molecule has 0 saturated carbocycles. The number of imidazole rings is 1. The van der Waals surface area contributed by atoms with E-state index in [1.807, 2.05) is 47.6 Å². The molecule has 2 aromatic heterocycles. The minimum Gasteiger partial charge on any atom is -0.494 e. The monoisotopic (exact) mass is 266 g/mol. The minimum atomic E-state index is -0.130. The Morgan fingerprint density at radius 1 is 1.45 bits per heavy atom. The van der Waals surface area contributed by atoms with E-state index < -0.39 is 0 Å². The Balaban J connectivity index is 2.05. The Hall–Kier alpha value is -2.58. The molecule has 3 rings (SSSR count). The Kier molecular flexibility index (Phi) is 3.23. The summed E-state index contributed by atoms with van der Waals surface area (Å²) in [5, 5.41) is 0. The number of fused-ring (bicyclic) bond motifs is 1. The number of pyridine rings is 1. The van der Waals surface area contributed by atoms with E-state index in [-0.39, 0.29) is 5.92 Å². The van der Waals surface area contributed by atoms with Crippen molar-refractivity contribution >= 4 is 11.5 Å². The summed E-state index contributed by atoms with van der Waals surface area (Å²) in [5.41, 5.74) is 2.55. The fraction of sp³-hybridized carbons (Fsp3) is 0.188. The van der Waals surface area contributed by atoms with Gasteiger partial charge in [-0.3, -0.25) is 0 Å². The van der Waals surface area contributed by atoms with Gasteiger partial charge in [-0.25, -0.2) is 9.78 Å². The molecule has 4 nitrogen and oxygen atoms in total. The average Bonchev–Trinajstić information content (AvgIpc) is 2.96. The second kappa shape index (κ2) is 5.19.